The molecule has 0 aliphatic carbocycles. The molecule has 0 radical (unpaired) electrons. The van der Waals surface area contributed by atoms with Crippen LogP contribution in [0.1, 0.15) is 28.5 Å². The van der Waals surface area contributed by atoms with Crippen LogP contribution < -0.4 is 0 Å². The molecule has 2 aliphatic heterocycles. The zero-order valence-corrected chi connectivity index (χ0v) is 17.6. The molecule has 2 fully saturated rings. The summed E-state index contributed by atoms with van der Waals surface area (Å²) in [6, 6.07) is -0.166. The van der Waals surface area contributed by atoms with Crippen molar-refractivity contribution in [3.8, 4) is 0 Å². The number of carbonyl (C=O) groups excluding carboxylic acids is 1. The van der Waals surface area contributed by atoms with Crippen LogP contribution >= 0.6 is 0 Å². The van der Waals surface area contributed by atoms with Crippen LogP contribution in [0.2, 0.25) is 0 Å². The highest BCUT2D eigenvalue weighted by molar-refractivity contribution is 5.92. The molecule has 29 heavy (non-hydrogen) atoms. The molecule has 0 bridgehead atoms. The van der Waals surface area contributed by atoms with Gasteiger partial charge >= 0.3 is 0 Å². The second kappa shape index (κ2) is 8.64. The van der Waals surface area contributed by atoms with E-state index in [9.17, 15) is 4.79 Å². The Bertz CT molecular complexity index is 832. The van der Waals surface area contributed by atoms with Crippen LogP contribution in [0, 0.1) is 0 Å². The van der Waals surface area contributed by atoms with Gasteiger partial charge < -0.3 is 19.1 Å². The summed E-state index contributed by atoms with van der Waals surface area (Å²) < 4.78 is 9.81. The fourth-order valence-corrected chi connectivity index (χ4v) is 4.35. The van der Waals surface area contributed by atoms with Gasteiger partial charge in [0.05, 0.1) is 37.5 Å². The lowest BCUT2D eigenvalue weighted by atomic mass is 9.99. The van der Waals surface area contributed by atoms with Gasteiger partial charge in [0.15, 0.2) is 0 Å². The molecule has 9 heteroatoms. The van der Waals surface area contributed by atoms with Gasteiger partial charge in [0.1, 0.15) is 5.69 Å². The van der Waals surface area contributed by atoms with E-state index in [-0.39, 0.29) is 18.1 Å². The number of likely N-dealkylation sites (N-methyl/N-ethyl adjacent to an activating group) is 1. The van der Waals surface area contributed by atoms with Crippen LogP contribution in [0.4, 0.5) is 0 Å². The van der Waals surface area contributed by atoms with Crippen LogP contribution in [0.3, 0.4) is 0 Å². The highest BCUT2D eigenvalue weighted by atomic mass is 16.5. The number of aryl methyl sites for hydroxylation is 2. The lowest BCUT2D eigenvalue weighted by Gasteiger charge is -2.42. The van der Waals surface area contributed by atoms with Crippen molar-refractivity contribution in [1.29, 1.82) is 0 Å². The van der Waals surface area contributed by atoms with Crippen molar-refractivity contribution in [3.05, 3.63) is 36.2 Å². The lowest BCUT2D eigenvalue weighted by molar-refractivity contribution is -0.0725. The first-order valence-electron chi connectivity index (χ1n) is 10.3. The molecule has 0 unspecified atom stereocenters. The molecule has 2 aromatic rings. The van der Waals surface area contributed by atoms with Gasteiger partial charge in [0.2, 0.25) is 0 Å². The fourth-order valence-electron chi connectivity index (χ4n) is 4.35. The second-order valence-electron chi connectivity index (χ2n) is 8.15. The molecule has 1 amide bonds. The lowest BCUT2D eigenvalue weighted by Crippen LogP contribution is -2.52. The minimum atomic E-state index is -0.166. The van der Waals surface area contributed by atoms with E-state index in [1.165, 1.54) is 0 Å². The Kier molecular flexibility index (Phi) is 5.98. The maximum Gasteiger partial charge on any atom is 0.272 e. The number of carbonyl (C=O) groups is 1. The third-order valence-corrected chi connectivity index (χ3v) is 5.97. The first-order valence-corrected chi connectivity index (χ1v) is 10.3. The number of rotatable bonds is 4. The maximum atomic E-state index is 13.4. The first-order chi connectivity index (χ1) is 14.0. The van der Waals surface area contributed by atoms with Crippen LogP contribution in [-0.2, 0) is 18.8 Å². The molecule has 0 N–H and O–H groups in total. The Morgan fingerprint density at radius 2 is 2.00 bits per heavy atom. The normalized spacial score (nSPS) is 24.6. The predicted molar refractivity (Wildman–Crippen MR) is 108 cm³/mol. The molecule has 4 rings (SSSR count). The Morgan fingerprint density at radius 1 is 1.14 bits per heavy atom. The van der Waals surface area contributed by atoms with Gasteiger partial charge in [-0.05, 0) is 26.6 Å². The molecule has 0 aromatic carbocycles. The zero-order chi connectivity index (χ0) is 20.4. The van der Waals surface area contributed by atoms with Gasteiger partial charge in [0, 0.05) is 52.0 Å². The number of imidazole rings is 1. The Morgan fingerprint density at radius 3 is 2.72 bits per heavy atom. The summed E-state index contributed by atoms with van der Waals surface area (Å²) in [5, 5.41) is 4.36. The van der Waals surface area contributed by atoms with Gasteiger partial charge in [-0.2, -0.15) is 5.10 Å². The minimum absolute atomic E-state index is 0.0113. The highest BCUT2D eigenvalue weighted by Gasteiger charge is 2.39. The summed E-state index contributed by atoms with van der Waals surface area (Å²) in [7, 11) is 5.93. The number of ether oxygens (including phenoxy) is 1. The standard InChI is InChI=1S/C20H31N7O2/c1-23-5-4-6-26(8-7-23)14-18-19(16-11-22-25(3)13-16)27(9-10-29-18)20(28)17-12-21-15-24(17)2/h11-13,15,18-19H,4-10,14H2,1-3H3/t18-,19-/m0/s1. The number of aromatic nitrogens is 4. The number of morpholine rings is 1. The number of hydrogen-bond donors (Lipinski definition) is 0. The fraction of sp³-hybridized carbons (Fsp3) is 0.650. The van der Waals surface area contributed by atoms with Crippen LogP contribution in [0.5, 0.6) is 0 Å². The van der Waals surface area contributed by atoms with Crippen molar-refractivity contribution in [2.24, 2.45) is 14.1 Å². The molecule has 2 saturated heterocycles. The summed E-state index contributed by atoms with van der Waals surface area (Å²) in [5.41, 5.74) is 1.61. The van der Waals surface area contributed by atoms with Gasteiger partial charge in [-0.25, -0.2) is 4.98 Å². The van der Waals surface area contributed by atoms with Crippen molar-refractivity contribution in [3.63, 3.8) is 0 Å². The average Bonchev–Trinajstić information content (AvgIpc) is 3.27. The van der Waals surface area contributed by atoms with Gasteiger partial charge in [-0.1, -0.05) is 0 Å². The minimum Gasteiger partial charge on any atom is -0.373 e. The van der Waals surface area contributed by atoms with E-state index in [4.69, 9.17) is 4.74 Å². The largest absolute Gasteiger partial charge is 0.373 e. The summed E-state index contributed by atoms with van der Waals surface area (Å²) >= 11 is 0. The van der Waals surface area contributed by atoms with Crippen LogP contribution in [0.25, 0.3) is 0 Å². The predicted octanol–water partition coefficient (Wildman–Crippen LogP) is 0.373. The van der Waals surface area contributed by atoms with E-state index < -0.39 is 0 Å². The third-order valence-electron chi connectivity index (χ3n) is 5.97. The molecule has 9 nitrogen and oxygen atoms in total. The Labute approximate surface area is 171 Å². The zero-order valence-electron chi connectivity index (χ0n) is 17.6. The number of hydrogen-bond acceptors (Lipinski definition) is 6. The van der Waals surface area contributed by atoms with Crippen molar-refractivity contribution in [2.45, 2.75) is 18.6 Å². The third kappa shape index (κ3) is 4.36. The maximum absolute atomic E-state index is 13.4. The highest BCUT2D eigenvalue weighted by Crippen LogP contribution is 2.31. The van der Waals surface area contributed by atoms with E-state index in [0.29, 0.717) is 18.8 Å². The first kappa shape index (κ1) is 20.1. The van der Waals surface area contributed by atoms with E-state index >= 15 is 0 Å². The topological polar surface area (TPSA) is 71.7 Å². The summed E-state index contributed by atoms with van der Waals surface area (Å²) in [4.78, 5) is 24.3. The Hall–Kier alpha value is -2.23. The van der Waals surface area contributed by atoms with Crippen molar-refractivity contribution >= 4 is 5.91 Å². The molecule has 4 heterocycles. The van der Waals surface area contributed by atoms with E-state index in [2.05, 4.69) is 26.9 Å². The summed E-state index contributed by atoms with van der Waals surface area (Å²) in [5.74, 6) is -0.0113. The summed E-state index contributed by atoms with van der Waals surface area (Å²) in [6.07, 6.45) is 8.21. The molecule has 0 spiro atoms. The number of nitrogens with zero attached hydrogens (tertiary/aromatic N) is 7. The quantitative estimate of drug-likeness (QED) is 0.737. The smallest absolute Gasteiger partial charge is 0.272 e. The van der Waals surface area contributed by atoms with Crippen LogP contribution in [-0.4, -0.2) is 99.0 Å². The average molecular weight is 402 g/mol. The monoisotopic (exact) mass is 401 g/mol. The van der Waals surface area contributed by atoms with Crippen LogP contribution in [0.15, 0.2) is 24.9 Å². The van der Waals surface area contributed by atoms with Gasteiger partial charge in [-0.15, -0.1) is 0 Å². The Balaban J connectivity index is 1.59. The molecular weight excluding hydrogens is 370 g/mol. The van der Waals surface area contributed by atoms with Crippen molar-refractivity contribution < 1.29 is 9.53 Å². The van der Waals surface area contributed by atoms with E-state index in [1.54, 1.807) is 21.8 Å². The molecule has 2 aliphatic rings. The van der Waals surface area contributed by atoms with Crippen molar-refractivity contribution in [2.75, 3.05) is 52.9 Å². The van der Waals surface area contributed by atoms with Gasteiger partial charge in [0.25, 0.3) is 5.91 Å². The SMILES string of the molecule is CN1CCCN(C[C@@H]2OCCN(C(=O)c3cncn3C)[C@H]2c2cnn(C)c2)CC1. The summed E-state index contributed by atoms with van der Waals surface area (Å²) in [6.45, 7) is 6.16. The van der Waals surface area contributed by atoms with E-state index in [0.717, 1.165) is 44.7 Å². The molecule has 0 saturated carbocycles. The molecular formula is C20H31N7O2. The van der Waals surface area contributed by atoms with Gasteiger partial charge in [-0.3, -0.25) is 14.4 Å². The second-order valence-corrected chi connectivity index (χ2v) is 8.15. The molecule has 2 aromatic heterocycles. The van der Waals surface area contributed by atoms with E-state index in [1.807, 2.05) is 31.4 Å². The number of amides is 1. The molecule has 2 atom stereocenters. The van der Waals surface area contributed by atoms with Crippen molar-refractivity contribution in [1.82, 2.24) is 34.0 Å². The molecule has 158 valence electrons.